The zero-order valence-corrected chi connectivity index (χ0v) is 21.7. The lowest BCUT2D eigenvalue weighted by Crippen LogP contribution is -2.67. The predicted molar refractivity (Wildman–Crippen MR) is 132 cm³/mol. The largest absolute Gasteiger partial charge is 0.0591 e. The summed E-state index contributed by atoms with van der Waals surface area (Å²) < 4.78 is 0. The molecule has 0 bridgehead atoms. The third-order valence-corrected chi connectivity index (χ3v) is 13.2. The Balaban J connectivity index is 1.85. The average Bonchev–Trinajstić information content (AvgIpc) is 2.74. The monoisotopic (exact) mass is 414 g/mol. The van der Waals surface area contributed by atoms with Crippen LogP contribution in [0.2, 0.25) is 0 Å². The average molecular weight is 415 g/mol. The molecule has 174 valence electrons. The van der Waals surface area contributed by atoms with E-state index in [0.717, 1.165) is 0 Å². The van der Waals surface area contributed by atoms with E-state index in [1.807, 2.05) is 0 Å². The summed E-state index contributed by atoms with van der Waals surface area (Å²) in [5.74, 6) is 0. The molecule has 0 aliphatic heterocycles. The van der Waals surface area contributed by atoms with Gasteiger partial charge in [-0.2, -0.15) is 0 Å². The number of hydrogen-bond acceptors (Lipinski definition) is 0. The molecule has 0 radical (unpaired) electrons. The molecule has 0 unspecified atom stereocenters. The molecule has 0 atom stereocenters. The molecule has 0 aromatic rings. The van der Waals surface area contributed by atoms with Crippen LogP contribution in [0.25, 0.3) is 0 Å². The van der Waals surface area contributed by atoms with Crippen molar-refractivity contribution in [2.24, 2.45) is 32.5 Å². The van der Waals surface area contributed by atoms with Gasteiger partial charge in [-0.15, -0.1) is 0 Å². The predicted octanol–water partition coefficient (Wildman–Crippen LogP) is 10.1. The molecule has 0 spiro atoms. The second-order valence-corrected chi connectivity index (χ2v) is 14.1. The molecule has 0 aromatic heterocycles. The maximum Gasteiger partial charge on any atom is -0.0179 e. The SMILES string of the molecule is CC1(C(C)(C)C23CCCCC2(C(C)(C)C2(C)CCCCC2)CCCC3)CCCCC1. The molecule has 30 heavy (non-hydrogen) atoms. The van der Waals surface area contributed by atoms with Crippen molar-refractivity contribution in [2.75, 3.05) is 0 Å². The van der Waals surface area contributed by atoms with Gasteiger partial charge in [0.05, 0.1) is 0 Å². The van der Waals surface area contributed by atoms with Crippen molar-refractivity contribution in [3.63, 3.8) is 0 Å². The molecule has 0 saturated heterocycles. The van der Waals surface area contributed by atoms with Gasteiger partial charge in [0.25, 0.3) is 0 Å². The van der Waals surface area contributed by atoms with Gasteiger partial charge in [-0.3, -0.25) is 0 Å². The van der Waals surface area contributed by atoms with Crippen molar-refractivity contribution >= 4 is 0 Å². The molecule has 0 nitrogen and oxygen atoms in total. The van der Waals surface area contributed by atoms with Gasteiger partial charge in [0.1, 0.15) is 0 Å². The molecule has 0 aromatic carbocycles. The van der Waals surface area contributed by atoms with E-state index < -0.39 is 0 Å². The third-order valence-electron chi connectivity index (χ3n) is 13.2. The van der Waals surface area contributed by atoms with E-state index >= 15 is 0 Å². The summed E-state index contributed by atoms with van der Waals surface area (Å²) in [5.41, 5.74) is 3.07. The van der Waals surface area contributed by atoms with Crippen LogP contribution < -0.4 is 0 Å². The van der Waals surface area contributed by atoms with E-state index in [-0.39, 0.29) is 0 Å². The molecule has 0 amide bonds. The normalized spacial score (nSPS) is 37.4. The summed E-state index contributed by atoms with van der Waals surface area (Å²) in [5, 5.41) is 0. The Hall–Kier alpha value is 0. The minimum Gasteiger partial charge on any atom is -0.0591 e. The van der Waals surface area contributed by atoms with Crippen molar-refractivity contribution in [1.29, 1.82) is 0 Å². The molecule has 0 heteroatoms. The van der Waals surface area contributed by atoms with Crippen LogP contribution >= 0.6 is 0 Å². The lowest BCUT2D eigenvalue weighted by atomic mass is 9.30. The van der Waals surface area contributed by atoms with E-state index in [0.29, 0.717) is 32.5 Å². The number of fused-ring (bicyclic) bond motifs is 1. The summed E-state index contributed by atoms with van der Waals surface area (Å²) >= 11 is 0. The van der Waals surface area contributed by atoms with Crippen LogP contribution in [0, 0.1) is 32.5 Å². The maximum atomic E-state index is 2.78. The van der Waals surface area contributed by atoms with E-state index in [9.17, 15) is 0 Å². The first kappa shape index (κ1) is 23.2. The van der Waals surface area contributed by atoms with Gasteiger partial charge in [-0.05, 0) is 83.9 Å². The molecular weight excluding hydrogens is 360 g/mol. The topological polar surface area (TPSA) is 0 Å². The zero-order valence-electron chi connectivity index (χ0n) is 21.7. The summed E-state index contributed by atoms with van der Waals surface area (Å²) in [4.78, 5) is 0. The Morgan fingerprint density at radius 2 is 0.600 bits per heavy atom. The minimum atomic E-state index is 0.448. The fraction of sp³-hybridized carbons (Fsp3) is 1.00. The van der Waals surface area contributed by atoms with Crippen molar-refractivity contribution in [2.45, 2.75) is 157 Å². The van der Waals surface area contributed by atoms with Crippen LogP contribution in [0.15, 0.2) is 0 Å². The summed E-state index contributed by atoms with van der Waals surface area (Å²) in [7, 11) is 0. The van der Waals surface area contributed by atoms with Gasteiger partial charge < -0.3 is 0 Å². The van der Waals surface area contributed by atoms with Crippen LogP contribution in [-0.4, -0.2) is 0 Å². The van der Waals surface area contributed by atoms with E-state index in [1.165, 1.54) is 116 Å². The first-order valence-electron chi connectivity index (χ1n) is 14.1. The molecule has 4 aliphatic carbocycles. The molecule has 4 fully saturated rings. The molecular formula is C30H54. The zero-order chi connectivity index (χ0) is 21.7. The standard InChI is InChI=1S/C30H54/c1-25(2,27(5)17-9-7-10-18-27)29-21-13-15-23-30(29,24-16-14-22-29)26(3,4)28(6)19-11-8-12-20-28/h7-24H2,1-6H3. The van der Waals surface area contributed by atoms with Crippen molar-refractivity contribution in [3.8, 4) is 0 Å². The Kier molecular flexibility index (Phi) is 6.02. The quantitative estimate of drug-likeness (QED) is 0.429. The summed E-state index contributed by atoms with van der Waals surface area (Å²) in [6.07, 6.45) is 26.9. The summed E-state index contributed by atoms with van der Waals surface area (Å²) in [6, 6.07) is 0. The van der Waals surface area contributed by atoms with E-state index in [1.54, 1.807) is 0 Å². The Morgan fingerprint density at radius 1 is 0.367 bits per heavy atom. The van der Waals surface area contributed by atoms with Gasteiger partial charge in [-0.25, -0.2) is 0 Å². The number of hydrogen-bond donors (Lipinski definition) is 0. The lowest BCUT2D eigenvalue weighted by molar-refractivity contribution is -0.258. The lowest BCUT2D eigenvalue weighted by Gasteiger charge is -2.74. The molecule has 0 N–H and O–H groups in total. The maximum absolute atomic E-state index is 2.78. The fourth-order valence-corrected chi connectivity index (χ4v) is 10.4. The third kappa shape index (κ3) is 2.96. The Labute approximate surface area is 189 Å². The van der Waals surface area contributed by atoms with Crippen molar-refractivity contribution in [1.82, 2.24) is 0 Å². The molecule has 4 saturated carbocycles. The van der Waals surface area contributed by atoms with Crippen LogP contribution in [0.3, 0.4) is 0 Å². The van der Waals surface area contributed by atoms with Crippen LogP contribution in [0.5, 0.6) is 0 Å². The van der Waals surface area contributed by atoms with Gasteiger partial charge in [0, 0.05) is 0 Å². The first-order chi connectivity index (χ1) is 14.1. The van der Waals surface area contributed by atoms with Crippen LogP contribution in [0.4, 0.5) is 0 Å². The fourth-order valence-electron chi connectivity index (χ4n) is 10.4. The van der Waals surface area contributed by atoms with Crippen molar-refractivity contribution in [3.05, 3.63) is 0 Å². The smallest absolute Gasteiger partial charge is 0.0179 e. The highest BCUT2D eigenvalue weighted by Crippen LogP contribution is 2.78. The second kappa shape index (κ2) is 7.80. The highest BCUT2D eigenvalue weighted by molar-refractivity contribution is 5.19. The van der Waals surface area contributed by atoms with Crippen LogP contribution in [0.1, 0.15) is 157 Å². The van der Waals surface area contributed by atoms with Crippen molar-refractivity contribution < 1.29 is 0 Å². The Morgan fingerprint density at radius 3 is 0.867 bits per heavy atom. The molecule has 0 heterocycles. The van der Waals surface area contributed by atoms with E-state index in [4.69, 9.17) is 0 Å². The van der Waals surface area contributed by atoms with Gasteiger partial charge in [-0.1, -0.05) is 106 Å². The highest BCUT2D eigenvalue weighted by Gasteiger charge is 2.70. The summed E-state index contributed by atoms with van der Waals surface area (Å²) in [6.45, 7) is 16.6. The highest BCUT2D eigenvalue weighted by atomic mass is 14.7. The number of rotatable bonds is 4. The van der Waals surface area contributed by atoms with Gasteiger partial charge >= 0.3 is 0 Å². The van der Waals surface area contributed by atoms with Crippen LogP contribution in [-0.2, 0) is 0 Å². The second-order valence-electron chi connectivity index (χ2n) is 14.1. The van der Waals surface area contributed by atoms with Gasteiger partial charge in [0.2, 0.25) is 0 Å². The first-order valence-corrected chi connectivity index (χ1v) is 14.1. The Bertz CT molecular complexity index is 528. The molecule has 4 aliphatic rings. The molecule has 4 rings (SSSR count). The van der Waals surface area contributed by atoms with E-state index in [2.05, 4.69) is 41.5 Å². The minimum absolute atomic E-state index is 0.448. The van der Waals surface area contributed by atoms with Gasteiger partial charge in [0.15, 0.2) is 0 Å².